The van der Waals surface area contributed by atoms with Crippen molar-refractivity contribution < 1.29 is 19.1 Å². The summed E-state index contributed by atoms with van der Waals surface area (Å²) in [5.41, 5.74) is 1.90. The molecule has 0 spiro atoms. The molecule has 1 saturated heterocycles. The number of urea groups is 1. The van der Waals surface area contributed by atoms with E-state index < -0.39 is 0 Å². The number of methoxy groups -OCH3 is 1. The number of piperazine rings is 1. The average molecular weight is 434 g/mol. The maximum atomic E-state index is 13.2. The molecule has 0 atom stereocenters. The van der Waals surface area contributed by atoms with E-state index in [2.05, 4.69) is 15.5 Å². The molecule has 0 aromatic heterocycles. The third kappa shape index (κ3) is 6.58. The third-order valence-electron chi connectivity index (χ3n) is 5.16. The van der Waals surface area contributed by atoms with Gasteiger partial charge in [-0.25, -0.2) is 4.79 Å². The molecule has 1 aliphatic rings. The normalized spacial score (nSPS) is 13.9. The summed E-state index contributed by atoms with van der Waals surface area (Å²) < 4.78 is 4.87. The molecule has 1 aliphatic heterocycles. The minimum absolute atomic E-state index is 0.0541. The summed E-state index contributed by atoms with van der Waals surface area (Å²) in [6.45, 7) is 11.3. The molecule has 1 heterocycles. The van der Waals surface area contributed by atoms with Crippen LogP contribution in [0.1, 0.15) is 38.1 Å². The average Bonchev–Trinajstić information content (AvgIpc) is 2.74. The Hall–Kier alpha value is -2.81. The first-order valence-electron chi connectivity index (χ1n) is 10.8. The van der Waals surface area contributed by atoms with Gasteiger partial charge in [0.15, 0.2) is 0 Å². The summed E-state index contributed by atoms with van der Waals surface area (Å²) in [6, 6.07) is 5.40. The molecule has 9 nitrogen and oxygen atoms in total. The van der Waals surface area contributed by atoms with Gasteiger partial charge < -0.3 is 30.1 Å². The molecule has 31 heavy (non-hydrogen) atoms. The van der Waals surface area contributed by atoms with Gasteiger partial charge in [0, 0.05) is 63.8 Å². The molecule has 0 radical (unpaired) electrons. The molecule has 4 amide bonds. The predicted octanol–water partition coefficient (Wildman–Crippen LogP) is 1.99. The van der Waals surface area contributed by atoms with Crippen molar-refractivity contribution in [2.45, 2.75) is 33.7 Å². The van der Waals surface area contributed by atoms with Gasteiger partial charge in [-0.3, -0.25) is 9.59 Å². The van der Waals surface area contributed by atoms with Crippen LogP contribution >= 0.6 is 0 Å². The summed E-state index contributed by atoms with van der Waals surface area (Å²) in [4.78, 5) is 43.1. The maximum Gasteiger partial charge on any atom is 0.317 e. The number of ether oxygens (including phenoxy) is 1. The van der Waals surface area contributed by atoms with E-state index in [-0.39, 0.29) is 30.5 Å². The van der Waals surface area contributed by atoms with Crippen LogP contribution in [0.5, 0.6) is 0 Å². The summed E-state index contributed by atoms with van der Waals surface area (Å²) in [7, 11) is 1.46. The maximum absolute atomic E-state index is 13.2. The Morgan fingerprint density at radius 3 is 2.29 bits per heavy atom. The summed E-state index contributed by atoms with van der Waals surface area (Å²) in [5.74, 6) is -0.357. The number of amides is 4. The lowest BCUT2D eigenvalue weighted by Crippen LogP contribution is -2.53. The van der Waals surface area contributed by atoms with Crippen molar-refractivity contribution in [2.24, 2.45) is 0 Å². The lowest BCUT2D eigenvalue weighted by molar-refractivity contribution is -0.119. The molecular formula is C22H35N5O4. The fraction of sp³-hybridized carbons (Fsp3) is 0.591. The zero-order valence-corrected chi connectivity index (χ0v) is 19.2. The van der Waals surface area contributed by atoms with Crippen molar-refractivity contribution in [2.75, 3.05) is 63.2 Å². The number of hydrogen-bond acceptors (Lipinski definition) is 5. The molecule has 0 bridgehead atoms. The number of rotatable bonds is 8. The van der Waals surface area contributed by atoms with Gasteiger partial charge in [0.25, 0.3) is 5.91 Å². The van der Waals surface area contributed by atoms with Gasteiger partial charge >= 0.3 is 6.03 Å². The molecule has 9 heteroatoms. The van der Waals surface area contributed by atoms with Crippen LogP contribution in [0, 0.1) is 0 Å². The van der Waals surface area contributed by atoms with Crippen molar-refractivity contribution in [3.05, 3.63) is 23.8 Å². The Kier molecular flexibility index (Phi) is 9.11. The largest absolute Gasteiger partial charge is 0.375 e. The van der Waals surface area contributed by atoms with Crippen LogP contribution < -0.4 is 15.5 Å². The smallest absolute Gasteiger partial charge is 0.317 e. The van der Waals surface area contributed by atoms with Gasteiger partial charge in [0.2, 0.25) is 5.91 Å². The van der Waals surface area contributed by atoms with E-state index in [1.54, 1.807) is 21.9 Å². The summed E-state index contributed by atoms with van der Waals surface area (Å²) in [6.07, 6.45) is 0. The predicted molar refractivity (Wildman–Crippen MR) is 122 cm³/mol. The number of anilines is 2. The Labute approximate surface area is 184 Å². The van der Waals surface area contributed by atoms with E-state index in [0.29, 0.717) is 50.5 Å². The fourth-order valence-electron chi connectivity index (χ4n) is 3.56. The van der Waals surface area contributed by atoms with Crippen LogP contribution in [0.3, 0.4) is 0 Å². The topological polar surface area (TPSA) is 94.2 Å². The monoisotopic (exact) mass is 433 g/mol. The van der Waals surface area contributed by atoms with Crippen LogP contribution in [0.15, 0.2) is 18.2 Å². The summed E-state index contributed by atoms with van der Waals surface area (Å²) in [5, 5.41) is 5.69. The highest BCUT2D eigenvalue weighted by molar-refractivity contribution is 6.02. The Morgan fingerprint density at radius 2 is 1.74 bits per heavy atom. The minimum Gasteiger partial charge on any atom is -0.375 e. The molecule has 0 saturated carbocycles. The Bertz CT molecular complexity index is 771. The SMILES string of the molecule is CCN(CC)C(=O)c1cc(NC(=O)COC)ccc1N1CCN(C(=O)NC(C)C)CC1. The summed E-state index contributed by atoms with van der Waals surface area (Å²) >= 11 is 0. The van der Waals surface area contributed by atoms with Crippen LogP contribution in [-0.4, -0.2) is 86.7 Å². The van der Waals surface area contributed by atoms with Gasteiger partial charge in [-0.15, -0.1) is 0 Å². The first kappa shape index (κ1) is 24.5. The lowest BCUT2D eigenvalue weighted by atomic mass is 10.1. The number of benzene rings is 1. The number of carbonyl (C=O) groups is 3. The van der Waals surface area contributed by atoms with Crippen LogP contribution in [-0.2, 0) is 9.53 Å². The van der Waals surface area contributed by atoms with E-state index in [1.165, 1.54) is 7.11 Å². The highest BCUT2D eigenvalue weighted by Gasteiger charge is 2.26. The van der Waals surface area contributed by atoms with Gasteiger partial charge in [-0.05, 0) is 45.9 Å². The first-order valence-corrected chi connectivity index (χ1v) is 10.8. The van der Waals surface area contributed by atoms with E-state index in [1.807, 2.05) is 33.8 Å². The van der Waals surface area contributed by atoms with Crippen molar-refractivity contribution in [3.63, 3.8) is 0 Å². The van der Waals surface area contributed by atoms with Crippen molar-refractivity contribution in [3.8, 4) is 0 Å². The van der Waals surface area contributed by atoms with E-state index in [9.17, 15) is 14.4 Å². The second-order valence-corrected chi connectivity index (χ2v) is 7.77. The zero-order valence-electron chi connectivity index (χ0n) is 19.2. The molecule has 0 unspecified atom stereocenters. The van der Waals surface area contributed by atoms with E-state index >= 15 is 0 Å². The van der Waals surface area contributed by atoms with Crippen LogP contribution in [0.25, 0.3) is 0 Å². The quantitative estimate of drug-likeness (QED) is 0.654. The van der Waals surface area contributed by atoms with Gasteiger partial charge in [0.1, 0.15) is 6.61 Å². The molecule has 172 valence electrons. The van der Waals surface area contributed by atoms with Crippen LogP contribution in [0.2, 0.25) is 0 Å². The van der Waals surface area contributed by atoms with Crippen molar-refractivity contribution >= 4 is 29.2 Å². The van der Waals surface area contributed by atoms with E-state index in [0.717, 1.165) is 5.69 Å². The molecule has 2 rings (SSSR count). The van der Waals surface area contributed by atoms with Gasteiger partial charge in [-0.2, -0.15) is 0 Å². The second kappa shape index (κ2) is 11.5. The zero-order chi connectivity index (χ0) is 23.0. The molecule has 1 aromatic rings. The number of carbonyl (C=O) groups excluding carboxylic acids is 3. The van der Waals surface area contributed by atoms with Crippen molar-refractivity contribution in [1.29, 1.82) is 0 Å². The standard InChI is InChI=1S/C22H35N5O4/c1-6-25(7-2)21(29)18-14-17(24-20(28)15-31-5)8-9-19(18)26-10-12-27(13-11-26)22(30)23-16(3)4/h8-9,14,16H,6-7,10-13,15H2,1-5H3,(H,23,30)(H,24,28). The van der Waals surface area contributed by atoms with Gasteiger partial charge in [0.05, 0.1) is 5.56 Å². The lowest BCUT2D eigenvalue weighted by Gasteiger charge is -2.37. The van der Waals surface area contributed by atoms with Gasteiger partial charge in [-0.1, -0.05) is 0 Å². The minimum atomic E-state index is -0.277. The van der Waals surface area contributed by atoms with Crippen molar-refractivity contribution in [1.82, 2.24) is 15.1 Å². The third-order valence-corrected chi connectivity index (χ3v) is 5.16. The second-order valence-electron chi connectivity index (χ2n) is 7.77. The number of hydrogen-bond donors (Lipinski definition) is 2. The van der Waals surface area contributed by atoms with E-state index in [4.69, 9.17) is 4.74 Å². The Morgan fingerprint density at radius 1 is 1.10 bits per heavy atom. The fourth-order valence-corrected chi connectivity index (χ4v) is 3.56. The Balaban J connectivity index is 2.24. The highest BCUT2D eigenvalue weighted by Crippen LogP contribution is 2.27. The number of nitrogens with one attached hydrogen (secondary N) is 2. The molecular weight excluding hydrogens is 398 g/mol. The highest BCUT2D eigenvalue weighted by atomic mass is 16.5. The molecule has 0 aliphatic carbocycles. The van der Waals surface area contributed by atoms with Crippen LogP contribution in [0.4, 0.5) is 16.2 Å². The number of nitrogens with zero attached hydrogens (tertiary/aromatic N) is 3. The molecule has 1 fully saturated rings. The molecule has 1 aromatic carbocycles. The first-order chi connectivity index (χ1) is 14.8. The molecule has 2 N–H and O–H groups in total.